The molecule has 3 heterocycles. The van der Waals surface area contributed by atoms with Crippen molar-refractivity contribution in [3.8, 4) is 0 Å². The predicted molar refractivity (Wildman–Crippen MR) is 137 cm³/mol. The number of ether oxygens (including phenoxy) is 1. The van der Waals surface area contributed by atoms with Crippen LogP contribution in [0.15, 0.2) is 0 Å². The van der Waals surface area contributed by atoms with E-state index in [0.29, 0.717) is 37.6 Å². The number of hydrogen-bond acceptors (Lipinski definition) is 5. The number of carbonyl (C=O) groups is 2. The summed E-state index contributed by atoms with van der Waals surface area (Å²) in [6.07, 6.45) is 7.71. The van der Waals surface area contributed by atoms with Gasteiger partial charge in [0.15, 0.2) is 0 Å². The number of rotatable bonds is 4. The summed E-state index contributed by atoms with van der Waals surface area (Å²) in [5.41, 5.74) is -0.371. The predicted octanol–water partition coefficient (Wildman–Crippen LogP) is 3.18. The number of nitrogens with zero attached hydrogens (tertiary/aromatic N) is 2. The number of amides is 2. The first-order chi connectivity index (χ1) is 16.2. The molecule has 0 aliphatic carbocycles. The summed E-state index contributed by atoms with van der Waals surface area (Å²) in [6.45, 7) is 16.3. The Hall–Kier alpha value is -1.18. The molecular weight excluding hydrogens is 428 g/mol. The molecule has 34 heavy (non-hydrogen) atoms. The second kappa shape index (κ2) is 12.7. The molecule has 0 aromatic rings. The highest BCUT2D eigenvalue weighted by atomic mass is 16.5. The van der Waals surface area contributed by atoms with Crippen LogP contribution in [0.4, 0.5) is 0 Å². The molecular formula is C27H50N4O3. The van der Waals surface area contributed by atoms with Crippen LogP contribution in [0.25, 0.3) is 0 Å². The first-order valence-electron chi connectivity index (χ1n) is 13.9. The Kier molecular flexibility index (Phi) is 10.2. The van der Waals surface area contributed by atoms with Gasteiger partial charge < -0.3 is 25.2 Å². The maximum absolute atomic E-state index is 13.8. The van der Waals surface area contributed by atoms with Gasteiger partial charge in [-0.05, 0) is 97.8 Å². The molecule has 3 saturated heterocycles. The van der Waals surface area contributed by atoms with Crippen molar-refractivity contribution in [3.05, 3.63) is 0 Å². The van der Waals surface area contributed by atoms with E-state index in [1.165, 1.54) is 25.9 Å². The molecule has 2 N–H and O–H groups in total. The average Bonchev–Trinajstić information content (AvgIpc) is 2.81. The van der Waals surface area contributed by atoms with Crippen LogP contribution in [0.1, 0.15) is 86.0 Å². The first-order valence-corrected chi connectivity index (χ1v) is 13.9. The molecule has 0 aromatic carbocycles. The molecule has 196 valence electrons. The van der Waals surface area contributed by atoms with Gasteiger partial charge in [0, 0.05) is 24.7 Å². The molecule has 0 aromatic heterocycles. The normalized spacial score (nSPS) is 29.4. The standard InChI is InChI=1S/C27H50N4O3/c1-20(2)18-24-25(32)28-22(5)19-34-17-7-6-10-27(26(33)29-24)11-15-31(16-12-27)23-8-13-30(14-9-23)21(3)4/h20-24H,6-19H2,1-5H3,(H,28,32)(H,29,33)/t22-,24+/m1/s1. The third-order valence-corrected chi connectivity index (χ3v) is 8.26. The quantitative estimate of drug-likeness (QED) is 0.649. The summed E-state index contributed by atoms with van der Waals surface area (Å²) < 4.78 is 5.82. The number of hydrogen-bond donors (Lipinski definition) is 2. The number of carbonyl (C=O) groups excluding carboxylic acids is 2. The van der Waals surface area contributed by atoms with Crippen LogP contribution in [-0.2, 0) is 14.3 Å². The zero-order chi connectivity index (χ0) is 24.7. The third kappa shape index (κ3) is 7.41. The third-order valence-electron chi connectivity index (χ3n) is 8.26. The second-order valence-electron chi connectivity index (χ2n) is 11.8. The van der Waals surface area contributed by atoms with Crippen LogP contribution in [0.3, 0.4) is 0 Å². The largest absolute Gasteiger partial charge is 0.379 e. The van der Waals surface area contributed by atoms with Crippen LogP contribution >= 0.6 is 0 Å². The van der Waals surface area contributed by atoms with Crippen molar-refractivity contribution < 1.29 is 14.3 Å². The second-order valence-corrected chi connectivity index (χ2v) is 11.8. The molecule has 0 saturated carbocycles. The van der Waals surface area contributed by atoms with Crippen LogP contribution in [0.2, 0.25) is 0 Å². The molecule has 7 heteroatoms. The van der Waals surface area contributed by atoms with Crippen LogP contribution in [0, 0.1) is 11.3 Å². The topological polar surface area (TPSA) is 73.9 Å². The Morgan fingerprint density at radius 2 is 1.65 bits per heavy atom. The summed E-state index contributed by atoms with van der Waals surface area (Å²) in [5, 5.41) is 6.27. The van der Waals surface area contributed by atoms with Crippen molar-refractivity contribution in [2.75, 3.05) is 39.4 Å². The van der Waals surface area contributed by atoms with E-state index in [4.69, 9.17) is 4.74 Å². The van der Waals surface area contributed by atoms with Gasteiger partial charge in [0.2, 0.25) is 11.8 Å². The Bertz CT molecular complexity index is 652. The van der Waals surface area contributed by atoms with Gasteiger partial charge in [0.25, 0.3) is 0 Å². The van der Waals surface area contributed by atoms with Gasteiger partial charge in [-0.1, -0.05) is 20.3 Å². The number of nitrogens with one attached hydrogen (secondary N) is 2. The Morgan fingerprint density at radius 1 is 0.971 bits per heavy atom. The van der Waals surface area contributed by atoms with Gasteiger partial charge in [-0.25, -0.2) is 0 Å². The number of piperidine rings is 2. The molecule has 2 amide bonds. The van der Waals surface area contributed by atoms with Crippen molar-refractivity contribution in [2.24, 2.45) is 11.3 Å². The zero-order valence-corrected chi connectivity index (χ0v) is 22.4. The van der Waals surface area contributed by atoms with E-state index in [2.05, 4.69) is 48.1 Å². The molecule has 1 spiro atoms. The summed E-state index contributed by atoms with van der Waals surface area (Å²) in [7, 11) is 0. The lowest BCUT2D eigenvalue weighted by Crippen LogP contribution is -2.57. The van der Waals surface area contributed by atoms with E-state index in [1.807, 2.05) is 6.92 Å². The van der Waals surface area contributed by atoms with Gasteiger partial charge >= 0.3 is 0 Å². The minimum absolute atomic E-state index is 0.0564. The highest BCUT2D eigenvalue weighted by molar-refractivity contribution is 5.90. The summed E-state index contributed by atoms with van der Waals surface area (Å²) in [5.74, 6) is 0.338. The van der Waals surface area contributed by atoms with Gasteiger partial charge in [0.1, 0.15) is 6.04 Å². The Balaban J connectivity index is 1.67. The lowest BCUT2D eigenvalue weighted by molar-refractivity contribution is -0.139. The molecule has 2 atom stereocenters. The fourth-order valence-electron chi connectivity index (χ4n) is 6.00. The molecule has 3 fully saturated rings. The van der Waals surface area contributed by atoms with Crippen molar-refractivity contribution in [1.82, 2.24) is 20.4 Å². The molecule has 0 bridgehead atoms. The minimum Gasteiger partial charge on any atom is -0.379 e. The lowest BCUT2D eigenvalue weighted by Gasteiger charge is -2.46. The fraction of sp³-hybridized carbons (Fsp3) is 0.926. The fourth-order valence-corrected chi connectivity index (χ4v) is 6.00. The van der Waals surface area contributed by atoms with Crippen molar-refractivity contribution in [1.29, 1.82) is 0 Å². The van der Waals surface area contributed by atoms with Gasteiger partial charge in [0.05, 0.1) is 12.0 Å². The van der Waals surface area contributed by atoms with E-state index >= 15 is 0 Å². The van der Waals surface area contributed by atoms with E-state index in [9.17, 15) is 9.59 Å². The summed E-state index contributed by atoms with van der Waals surface area (Å²) >= 11 is 0. The van der Waals surface area contributed by atoms with Crippen molar-refractivity contribution >= 4 is 11.8 Å². The maximum Gasteiger partial charge on any atom is 0.242 e. The zero-order valence-electron chi connectivity index (χ0n) is 22.4. The molecule has 0 unspecified atom stereocenters. The van der Waals surface area contributed by atoms with E-state index in [-0.39, 0.29) is 23.3 Å². The minimum atomic E-state index is -0.481. The molecule has 3 aliphatic rings. The summed E-state index contributed by atoms with van der Waals surface area (Å²) in [6, 6.07) is 0.724. The maximum atomic E-state index is 13.8. The first kappa shape index (κ1) is 27.4. The van der Waals surface area contributed by atoms with Crippen molar-refractivity contribution in [3.63, 3.8) is 0 Å². The average molecular weight is 479 g/mol. The number of likely N-dealkylation sites (tertiary alicyclic amines) is 2. The lowest BCUT2D eigenvalue weighted by atomic mass is 9.73. The van der Waals surface area contributed by atoms with Gasteiger partial charge in [-0.2, -0.15) is 0 Å². The molecule has 3 rings (SSSR count). The van der Waals surface area contributed by atoms with E-state index < -0.39 is 6.04 Å². The van der Waals surface area contributed by atoms with Gasteiger partial charge in [-0.3, -0.25) is 9.59 Å². The highest BCUT2D eigenvalue weighted by Crippen LogP contribution is 2.39. The Labute approximate surface area is 207 Å². The van der Waals surface area contributed by atoms with Crippen molar-refractivity contribution in [2.45, 2.75) is 110 Å². The summed E-state index contributed by atoms with van der Waals surface area (Å²) in [4.78, 5) is 32.0. The van der Waals surface area contributed by atoms with Crippen LogP contribution in [0.5, 0.6) is 0 Å². The van der Waals surface area contributed by atoms with E-state index in [0.717, 1.165) is 45.2 Å². The van der Waals surface area contributed by atoms with E-state index in [1.54, 1.807) is 0 Å². The highest BCUT2D eigenvalue weighted by Gasteiger charge is 2.43. The van der Waals surface area contributed by atoms with Crippen LogP contribution in [-0.4, -0.2) is 85.2 Å². The molecule has 7 nitrogen and oxygen atoms in total. The smallest absolute Gasteiger partial charge is 0.242 e. The Morgan fingerprint density at radius 3 is 2.26 bits per heavy atom. The monoisotopic (exact) mass is 478 g/mol. The SMILES string of the molecule is CC(C)C[C@@H]1NC(=O)C2(CCCCOC[C@@H](C)NC1=O)CCN(C1CCN(C(C)C)CC1)CC2. The van der Waals surface area contributed by atoms with Crippen LogP contribution < -0.4 is 10.6 Å². The molecule has 0 radical (unpaired) electrons. The van der Waals surface area contributed by atoms with Gasteiger partial charge in [-0.15, -0.1) is 0 Å². The molecule has 3 aliphatic heterocycles.